The van der Waals surface area contributed by atoms with Crippen LogP contribution in [0.15, 0.2) is 0 Å². The number of hydrogen-bond acceptors (Lipinski definition) is 4. The minimum Gasteiger partial charge on any atom is -0.384 e. The van der Waals surface area contributed by atoms with Crippen LogP contribution >= 0.6 is 0 Å². The fraction of sp³-hybridized carbons (Fsp3) is 0.909. The number of carbonyl (C=O) groups is 1. The van der Waals surface area contributed by atoms with Crippen molar-refractivity contribution in [1.82, 2.24) is 10.6 Å². The summed E-state index contributed by atoms with van der Waals surface area (Å²) in [7, 11) is 3.52. The van der Waals surface area contributed by atoms with Gasteiger partial charge in [-0.3, -0.25) is 4.79 Å². The molecular formula is C11H22N2O3. The number of ether oxygens (including phenoxy) is 2. The predicted octanol–water partition coefficient (Wildman–Crippen LogP) is -0.380. The van der Waals surface area contributed by atoms with E-state index in [9.17, 15) is 4.79 Å². The SMILES string of the molecule is CNC1COCC1C(=O)NCC(C)COC. The van der Waals surface area contributed by atoms with Crippen molar-refractivity contribution in [1.29, 1.82) is 0 Å². The largest absolute Gasteiger partial charge is 0.384 e. The molecule has 5 nitrogen and oxygen atoms in total. The number of amides is 1. The summed E-state index contributed by atoms with van der Waals surface area (Å²) in [6, 6.07) is 0.137. The van der Waals surface area contributed by atoms with Crippen molar-refractivity contribution in [2.45, 2.75) is 13.0 Å². The van der Waals surface area contributed by atoms with Gasteiger partial charge in [0.05, 0.1) is 25.7 Å². The van der Waals surface area contributed by atoms with Crippen LogP contribution in [0.25, 0.3) is 0 Å². The lowest BCUT2D eigenvalue weighted by molar-refractivity contribution is -0.125. The van der Waals surface area contributed by atoms with Gasteiger partial charge in [0, 0.05) is 19.7 Å². The summed E-state index contributed by atoms with van der Waals surface area (Å²) < 4.78 is 10.3. The minimum atomic E-state index is -0.0697. The Balaban J connectivity index is 2.29. The predicted molar refractivity (Wildman–Crippen MR) is 61.2 cm³/mol. The van der Waals surface area contributed by atoms with Crippen molar-refractivity contribution in [3.63, 3.8) is 0 Å². The van der Waals surface area contributed by atoms with E-state index in [0.29, 0.717) is 32.3 Å². The summed E-state index contributed by atoms with van der Waals surface area (Å²) in [5, 5.41) is 6.03. The highest BCUT2D eigenvalue weighted by molar-refractivity contribution is 5.79. The Kier molecular flexibility index (Phi) is 5.73. The van der Waals surface area contributed by atoms with Crippen molar-refractivity contribution < 1.29 is 14.3 Å². The Morgan fingerprint density at radius 2 is 2.31 bits per heavy atom. The summed E-state index contributed by atoms with van der Waals surface area (Å²) >= 11 is 0. The number of nitrogens with one attached hydrogen (secondary N) is 2. The Morgan fingerprint density at radius 3 is 2.94 bits per heavy atom. The fourth-order valence-corrected chi connectivity index (χ4v) is 1.85. The van der Waals surface area contributed by atoms with Gasteiger partial charge in [-0.2, -0.15) is 0 Å². The van der Waals surface area contributed by atoms with Crippen molar-refractivity contribution in [2.24, 2.45) is 11.8 Å². The standard InChI is InChI=1S/C11H22N2O3/c1-8(5-15-3)4-13-11(14)9-6-16-7-10(9)12-2/h8-10,12H,4-7H2,1-3H3,(H,13,14). The Hall–Kier alpha value is -0.650. The van der Waals surface area contributed by atoms with Gasteiger partial charge in [0.25, 0.3) is 0 Å². The van der Waals surface area contributed by atoms with E-state index in [4.69, 9.17) is 9.47 Å². The molecule has 0 aromatic heterocycles. The van der Waals surface area contributed by atoms with Gasteiger partial charge >= 0.3 is 0 Å². The maximum atomic E-state index is 11.9. The highest BCUT2D eigenvalue weighted by atomic mass is 16.5. The molecule has 16 heavy (non-hydrogen) atoms. The third-order valence-corrected chi connectivity index (χ3v) is 2.86. The van der Waals surface area contributed by atoms with E-state index in [2.05, 4.69) is 10.6 Å². The van der Waals surface area contributed by atoms with Gasteiger partial charge in [-0.05, 0) is 13.0 Å². The molecule has 0 bridgehead atoms. The van der Waals surface area contributed by atoms with Crippen LogP contribution in [0, 0.1) is 11.8 Å². The Morgan fingerprint density at radius 1 is 1.56 bits per heavy atom. The van der Waals surface area contributed by atoms with E-state index in [1.165, 1.54) is 0 Å². The van der Waals surface area contributed by atoms with Crippen LogP contribution in [0.2, 0.25) is 0 Å². The molecule has 5 heteroatoms. The molecule has 0 saturated carbocycles. The quantitative estimate of drug-likeness (QED) is 0.653. The average Bonchev–Trinajstić information content (AvgIpc) is 2.74. The summed E-state index contributed by atoms with van der Waals surface area (Å²) in [5.41, 5.74) is 0. The summed E-state index contributed by atoms with van der Waals surface area (Å²) in [6.45, 7) is 4.49. The molecule has 0 radical (unpaired) electrons. The van der Waals surface area contributed by atoms with Crippen LogP contribution in [0.5, 0.6) is 0 Å². The average molecular weight is 230 g/mol. The van der Waals surface area contributed by atoms with Crippen LogP contribution in [0.3, 0.4) is 0 Å². The van der Waals surface area contributed by atoms with E-state index in [1.807, 2.05) is 14.0 Å². The first-order valence-electron chi connectivity index (χ1n) is 5.70. The molecule has 0 aromatic rings. The second-order valence-corrected chi connectivity index (χ2v) is 4.34. The highest BCUT2D eigenvalue weighted by Crippen LogP contribution is 2.13. The second-order valence-electron chi connectivity index (χ2n) is 4.34. The first-order valence-corrected chi connectivity index (χ1v) is 5.70. The zero-order chi connectivity index (χ0) is 12.0. The number of rotatable bonds is 6. The molecule has 3 atom stereocenters. The molecule has 0 aliphatic carbocycles. The van der Waals surface area contributed by atoms with E-state index in [-0.39, 0.29) is 17.9 Å². The van der Waals surface area contributed by atoms with Crippen LogP contribution in [-0.2, 0) is 14.3 Å². The lowest BCUT2D eigenvalue weighted by atomic mass is 10.0. The van der Waals surface area contributed by atoms with Crippen molar-refractivity contribution in [3.8, 4) is 0 Å². The molecule has 1 heterocycles. The molecule has 94 valence electrons. The molecule has 1 amide bonds. The Bertz CT molecular complexity index is 223. The van der Waals surface area contributed by atoms with Crippen molar-refractivity contribution in [3.05, 3.63) is 0 Å². The maximum absolute atomic E-state index is 11.9. The van der Waals surface area contributed by atoms with E-state index < -0.39 is 0 Å². The van der Waals surface area contributed by atoms with Crippen LogP contribution in [0.4, 0.5) is 0 Å². The van der Waals surface area contributed by atoms with Gasteiger partial charge in [0.2, 0.25) is 5.91 Å². The van der Waals surface area contributed by atoms with Crippen LogP contribution in [-0.4, -0.2) is 52.5 Å². The topological polar surface area (TPSA) is 59.6 Å². The minimum absolute atomic E-state index is 0.0693. The van der Waals surface area contributed by atoms with E-state index in [0.717, 1.165) is 0 Å². The molecule has 0 spiro atoms. The number of methoxy groups -OCH3 is 1. The Labute approximate surface area is 96.9 Å². The number of carbonyl (C=O) groups excluding carboxylic acids is 1. The zero-order valence-electron chi connectivity index (χ0n) is 10.3. The third kappa shape index (κ3) is 3.73. The highest BCUT2D eigenvalue weighted by Gasteiger charge is 2.32. The van der Waals surface area contributed by atoms with Crippen LogP contribution in [0.1, 0.15) is 6.92 Å². The maximum Gasteiger partial charge on any atom is 0.227 e. The monoisotopic (exact) mass is 230 g/mol. The summed E-state index contributed by atoms with van der Waals surface area (Å²) in [4.78, 5) is 11.9. The molecule has 2 N–H and O–H groups in total. The van der Waals surface area contributed by atoms with Crippen molar-refractivity contribution >= 4 is 5.91 Å². The summed E-state index contributed by atoms with van der Waals surface area (Å²) in [6.07, 6.45) is 0. The van der Waals surface area contributed by atoms with Gasteiger partial charge in [-0.25, -0.2) is 0 Å². The molecule has 1 rings (SSSR count). The fourth-order valence-electron chi connectivity index (χ4n) is 1.85. The molecule has 0 aromatic carbocycles. The number of hydrogen-bond donors (Lipinski definition) is 2. The smallest absolute Gasteiger partial charge is 0.227 e. The zero-order valence-corrected chi connectivity index (χ0v) is 10.3. The summed E-state index contributed by atoms with van der Waals surface area (Å²) in [5.74, 6) is 0.337. The first kappa shape index (κ1) is 13.4. The normalized spacial score (nSPS) is 26.7. The molecule has 1 aliphatic heterocycles. The van der Waals surface area contributed by atoms with E-state index >= 15 is 0 Å². The molecule has 1 aliphatic rings. The molecule has 1 fully saturated rings. The van der Waals surface area contributed by atoms with Gasteiger partial charge < -0.3 is 20.1 Å². The van der Waals surface area contributed by atoms with Crippen LogP contribution < -0.4 is 10.6 Å². The van der Waals surface area contributed by atoms with Gasteiger partial charge in [-0.1, -0.05) is 6.92 Å². The second kappa shape index (κ2) is 6.83. The lowest BCUT2D eigenvalue weighted by Gasteiger charge is -2.18. The number of likely N-dealkylation sites (N-methyl/N-ethyl adjacent to an activating group) is 1. The van der Waals surface area contributed by atoms with Gasteiger partial charge in [0.1, 0.15) is 0 Å². The van der Waals surface area contributed by atoms with Gasteiger partial charge in [0.15, 0.2) is 0 Å². The third-order valence-electron chi connectivity index (χ3n) is 2.86. The molecular weight excluding hydrogens is 208 g/mol. The molecule has 1 saturated heterocycles. The lowest BCUT2D eigenvalue weighted by Crippen LogP contribution is -2.43. The van der Waals surface area contributed by atoms with Gasteiger partial charge in [-0.15, -0.1) is 0 Å². The van der Waals surface area contributed by atoms with Crippen molar-refractivity contribution in [2.75, 3.05) is 40.5 Å². The van der Waals surface area contributed by atoms with E-state index in [1.54, 1.807) is 7.11 Å². The first-order chi connectivity index (χ1) is 7.69. The molecule has 3 unspecified atom stereocenters.